The van der Waals surface area contributed by atoms with Gasteiger partial charge in [0.1, 0.15) is 11.6 Å². The van der Waals surface area contributed by atoms with Gasteiger partial charge in [0, 0.05) is 28.0 Å². The standard InChI is InChI=1S/C16H9Cl2N3O3/c17-9-4-10(18)6-11(5-9)21-15(22)12-13(8-2-1-3-19-7-8)20-24-14(12)16(21)23/h1-7,12,14H/t12-,14-/m1/s1. The highest BCUT2D eigenvalue weighted by Gasteiger charge is 2.56. The summed E-state index contributed by atoms with van der Waals surface area (Å²) in [6, 6.07) is 8.02. The lowest BCUT2D eigenvalue weighted by molar-refractivity contribution is -0.126. The zero-order valence-corrected chi connectivity index (χ0v) is 13.5. The number of nitrogens with zero attached hydrogens (tertiary/aromatic N) is 3. The molecular weight excluding hydrogens is 353 g/mol. The van der Waals surface area contributed by atoms with Crippen LogP contribution in [-0.4, -0.2) is 28.6 Å². The average molecular weight is 362 g/mol. The van der Waals surface area contributed by atoms with E-state index in [-0.39, 0.29) is 0 Å². The quantitative estimate of drug-likeness (QED) is 0.770. The fourth-order valence-corrected chi connectivity index (χ4v) is 3.37. The molecule has 8 heteroatoms. The van der Waals surface area contributed by atoms with Crippen molar-refractivity contribution in [3.8, 4) is 0 Å². The topological polar surface area (TPSA) is 71.9 Å². The molecule has 0 spiro atoms. The van der Waals surface area contributed by atoms with E-state index in [0.29, 0.717) is 27.0 Å². The van der Waals surface area contributed by atoms with Crippen LogP contribution in [0.25, 0.3) is 0 Å². The highest BCUT2D eigenvalue weighted by Crippen LogP contribution is 2.36. The summed E-state index contributed by atoms with van der Waals surface area (Å²) in [6.07, 6.45) is 2.20. The summed E-state index contributed by atoms with van der Waals surface area (Å²) in [7, 11) is 0. The molecule has 2 aromatic rings. The summed E-state index contributed by atoms with van der Waals surface area (Å²) in [6.45, 7) is 0. The molecule has 120 valence electrons. The third-order valence-corrected chi connectivity index (χ3v) is 4.31. The van der Waals surface area contributed by atoms with Gasteiger partial charge in [-0.2, -0.15) is 0 Å². The summed E-state index contributed by atoms with van der Waals surface area (Å²) in [5.41, 5.74) is 1.34. The first-order valence-electron chi connectivity index (χ1n) is 7.04. The number of hydrogen-bond acceptors (Lipinski definition) is 5. The minimum absolute atomic E-state index is 0.311. The van der Waals surface area contributed by atoms with Crippen molar-refractivity contribution in [1.82, 2.24) is 4.98 Å². The molecule has 3 heterocycles. The second-order valence-electron chi connectivity index (χ2n) is 5.36. The zero-order valence-electron chi connectivity index (χ0n) is 12.0. The van der Waals surface area contributed by atoms with E-state index in [4.69, 9.17) is 28.0 Å². The van der Waals surface area contributed by atoms with Crippen LogP contribution in [0.4, 0.5) is 5.69 Å². The van der Waals surface area contributed by atoms with Crippen molar-refractivity contribution < 1.29 is 14.4 Å². The third-order valence-electron chi connectivity index (χ3n) is 3.87. The second-order valence-corrected chi connectivity index (χ2v) is 6.23. The van der Waals surface area contributed by atoms with Gasteiger partial charge in [0.25, 0.3) is 5.91 Å². The Morgan fingerprint density at radius 1 is 1.08 bits per heavy atom. The lowest BCUT2D eigenvalue weighted by Gasteiger charge is -2.16. The molecule has 2 aliphatic heterocycles. The molecule has 0 unspecified atom stereocenters. The fraction of sp³-hybridized carbons (Fsp3) is 0.125. The number of fused-ring (bicyclic) bond motifs is 1. The molecule has 0 radical (unpaired) electrons. The number of oxime groups is 1. The first-order valence-corrected chi connectivity index (χ1v) is 7.80. The molecule has 2 atom stereocenters. The smallest absolute Gasteiger partial charge is 0.278 e. The van der Waals surface area contributed by atoms with Gasteiger partial charge in [-0.25, -0.2) is 4.90 Å². The van der Waals surface area contributed by atoms with Crippen LogP contribution in [0.2, 0.25) is 10.0 Å². The van der Waals surface area contributed by atoms with Crippen molar-refractivity contribution in [1.29, 1.82) is 0 Å². The van der Waals surface area contributed by atoms with Gasteiger partial charge in [-0.05, 0) is 30.3 Å². The summed E-state index contributed by atoms with van der Waals surface area (Å²) < 4.78 is 0. The molecule has 1 aromatic carbocycles. The number of carbonyl (C=O) groups excluding carboxylic acids is 2. The van der Waals surface area contributed by atoms with Gasteiger partial charge in [-0.15, -0.1) is 0 Å². The van der Waals surface area contributed by atoms with E-state index in [2.05, 4.69) is 10.1 Å². The number of carbonyl (C=O) groups is 2. The van der Waals surface area contributed by atoms with Crippen LogP contribution in [0.15, 0.2) is 47.9 Å². The minimum Gasteiger partial charge on any atom is -0.381 e. The molecule has 0 bridgehead atoms. The van der Waals surface area contributed by atoms with Crippen molar-refractivity contribution in [2.75, 3.05) is 4.90 Å². The number of anilines is 1. The molecule has 24 heavy (non-hydrogen) atoms. The van der Waals surface area contributed by atoms with E-state index in [9.17, 15) is 9.59 Å². The van der Waals surface area contributed by atoms with Gasteiger partial charge in [0.15, 0.2) is 0 Å². The summed E-state index contributed by atoms with van der Waals surface area (Å²) >= 11 is 11.9. The molecule has 2 aliphatic rings. The Kier molecular flexibility index (Phi) is 3.51. The summed E-state index contributed by atoms with van der Waals surface area (Å²) in [5, 5.41) is 4.57. The van der Waals surface area contributed by atoms with Crippen LogP contribution < -0.4 is 4.90 Å². The van der Waals surface area contributed by atoms with Gasteiger partial charge >= 0.3 is 0 Å². The van der Waals surface area contributed by atoms with Gasteiger partial charge in [0.2, 0.25) is 12.0 Å². The molecule has 4 rings (SSSR count). The van der Waals surface area contributed by atoms with Crippen LogP contribution >= 0.6 is 23.2 Å². The average Bonchev–Trinajstić information content (AvgIpc) is 3.08. The molecule has 0 aliphatic carbocycles. The lowest BCUT2D eigenvalue weighted by Crippen LogP contribution is -2.33. The largest absolute Gasteiger partial charge is 0.381 e. The van der Waals surface area contributed by atoms with Crippen molar-refractivity contribution in [2.45, 2.75) is 6.10 Å². The van der Waals surface area contributed by atoms with E-state index in [1.807, 2.05) is 0 Å². The van der Waals surface area contributed by atoms with Crippen molar-refractivity contribution in [3.05, 3.63) is 58.3 Å². The maximum Gasteiger partial charge on any atom is 0.278 e. The lowest BCUT2D eigenvalue weighted by atomic mass is 9.95. The Morgan fingerprint density at radius 2 is 1.83 bits per heavy atom. The number of rotatable bonds is 2. The maximum absolute atomic E-state index is 12.8. The van der Waals surface area contributed by atoms with Crippen LogP contribution in [0, 0.1) is 5.92 Å². The van der Waals surface area contributed by atoms with E-state index < -0.39 is 23.8 Å². The Balaban J connectivity index is 1.73. The number of benzene rings is 1. The molecular formula is C16H9Cl2N3O3. The van der Waals surface area contributed by atoms with Gasteiger partial charge in [-0.3, -0.25) is 14.6 Å². The molecule has 2 amide bonds. The number of halogens is 2. The fourth-order valence-electron chi connectivity index (χ4n) is 2.85. The predicted molar refractivity (Wildman–Crippen MR) is 88.1 cm³/mol. The van der Waals surface area contributed by atoms with E-state index >= 15 is 0 Å². The zero-order chi connectivity index (χ0) is 16.8. The molecule has 1 saturated heterocycles. The number of aromatic nitrogens is 1. The van der Waals surface area contributed by atoms with Crippen LogP contribution in [0.3, 0.4) is 0 Å². The summed E-state index contributed by atoms with van der Waals surface area (Å²) in [5.74, 6) is -1.73. The van der Waals surface area contributed by atoms with Gasteiger partial charge < -0.3 is 4.84 Å². The predicted octanol–water partition coefficient (Wildman–Crippen LogP) is 2.68. The molecule has 6 nitrogen and oxygen atoms in total. The number of amides is 2. The summed E-state index contributed by atoms with van der Waals surface area (Å²) in [4.78, 5) is 35.7. The Morgan fingerprint density at radius 3 is 2.50 bits per heavy atom. The van der Waals surface area contributed by atoms with Crippen molar-refractivity contribution in [2.24, 2.45) is 11.1 Å². The first-order chi connectivity index (χ1) is 11.6. The van der Waals surface area contributed by atoms with Crippen LogP contribution in [0.1, 0.15) is 5.56 Å². The Hall–Kier alpha value is -2.44. The highest BCUT2D eigenvalue weighted by atomic mass is 35.5. The maximum atomic E-state index is 12.8. The Bertz CT molecular complexity index is 865. The number of imide groups is 1. The molecule has 1 fully saturated rings. The van der Waals surface area contributed by atoms with Gasteiger partial charge in [-0.1, -0.05) is 28.4 Å². The number of hydrogen-bond donors (Lipinski definition) is 0. The normalized spacial score (nSPS) is 22.4. The molecule has 1 aromatic heterocycles. The highest BCUT2D eigenvalue weighted by molar-refractivity contribution is 6.37. The van der Waals surface area contributed by atoms with Crippen molar-refractivity contribution >= 4 is 46.4 Å². The van der Waals surface area contributed by atoms with Crippen LogP contribution in [0.5, 0.6) is 0 Å². The monoisotopic (exact) mass is 361 g/mol. The van der Waals surface area contributed by atoms with Crippen LogP contribution in [-0.2, 0) is 14.4 Å². The van der Waals surface area contributed by atoms with Crippen molar-refractivity contribution in [3.63, 3.8) is 0 Å². The van der Waals surface area contributed by atoms with E-state index in [1.54, 1.807) is 24.5 Å². The molecule has 0 N–H and O–H groups in total. The van der Waals surface area contributed by atoms with Gasteiger partial charge in [0.05, 0.1) is 5.69 Å². The minimum atomic E-state index is -0.981. The SMILES string of the molecule is O=C1[C@@H]2C(c3cccnc3)=NO[C@H]2C(=O)N1c1cc(Cl)cc(Cl)c1. The Labute approximate surface area is 146 Å². The third kappa shape index (κ3) is 2.26. The molecule has 0 saturated carbocycles. The second kappa shape index (κ2) is 5.58. The first kappa shape index (κ1) is 15.1. The van der Waals surface area contributed by atoms with E-state index in [0.717, 1.165) is 4.90 Å². The number of pyridine rings is 1. The van der Waals surface area contributed by atoms with E-state index in [1.165, 1.54) is 18.2 Å².